The van der Waals surface area contributed by atoms with Crippen LogP contribution in [0.2, 0.25) is 0 Å². The van der Waals surface area contributed by atoms with Gasteiger partial charge in [-0.15, -0.1) is 0 Å². The summed E-state index contributed by atoms with van der Waals surface area (Å²) in [5.74, 6) is 0.533. The molecule has 23 heavy (non-hydrogen) atoms. The van der Waals surface area contributed by atoms with Gasteiger partial charge in [-0.2, -0.15) is 0 Å². The van der Waals surface area contributed by atoms with Crippen molar-refractivity contribution in [1.82, 2.24) is 0 Å². The summed E-state index contributed by atoms with van der Waals surface area (Å²) < 4.78 is 6.24. The van der Waals surface area contributed by atoms with E-state index in [2.05, 4.69) is 26.4 Å². The van der Waals surface area contributed by atoms with Crippen LogP contribution in [0.5, 0.6) is 5.75 Å². The summed E-state index contributed by atoms with van der Waals surface area (Å²) >= 11 is 3.34. The lowest BCUT2D eigenvalue weighted by atomic mass is 10.2. The first-order chi connectivity index (χ1) is 11.2. The van der Waals surface area contributed by atoms with Gasteiger partial charge < -0.3 is 14.9 Å². The van der Waals surface area contributed by atoms with Crippen molar-refractivity contribution in [3.63, 3.8) is 0 Å². The van der Waals surface area contributed by atoms with E-state index in [4.69, 9.17) is 9.57 Å². The highest BCUT2D eigenvalue weighted by atomic mass is 79.9. The van der Waals surface area contributed by atoms with Crippen LogP contribution in [0.1, 0.15) is 12.5 Å². The molecule has 0 heterocycles. The lowest BCUT2D eigenvalue weighted by Crippen LogP contribution is -2.16. The highest BCUT2D eigenvalue weighted by Gasteiger charge is 2.02. The van der Waals surface area contributed by atoms with E-state index in [0.717, 1.165) is 15.8 Å². The monoisotopic (exact) mass is 376 g/mol. The summed E-state index contributed by atoms with van der Waals surface area (Å²) in [6.45, 7) is 2.41. The number of amides is 1. The number of rotatable bonds is 7. The maximum atomic E-state index is 11.7. The highest BCUT2D eigenvalue weighted by Crippen LogP contribution is 2.15. The molecule has 0 fully saturated rings. The third-order valence-electron chi connectivity index (χ3n) is 2.77. The fourth-order valence-corrected chi connectivity index (χ4v) is 2.17. The van der Waals surface area contributed by atoms with Gasteiger partial charge in [0.15, 0.2) is 6.61 Å². The number of carbonyl (C=O) groups excluding carboxylic acids is 1. The third-order valence-corrected chi connectivity index (χ3v) is 3.26. The Kier molecular flexibility index (Phi) is 6.62. The number of nitrogens with one attached hydrogen (secondary N) is 1. The quantitative estimate of drug-likeness (QED) is 0.589. The summed E-state index contributed by atoms with van der Waals surface area (Å²) in [4.78, 5) is 16.7. The van der Waals surface area contributed by atoms with E-state index in [1.54, 1.807) is 18.3 Å². The van der Waals surface area contributed by atoms with E-state index in [9.17, 15) is 4.79 Å². The van der Waals surface area contributed by atoms with Gasteiger partial charge in [0.25, 0.3) is 5.91 Å². The average Bonchev–Trinajstić information content (AvgIpc) is 2.53. The van der Waals surface area contributed by atoms with Crippen LogP contribution in [0.4, 0.5) is 5.69 Å². The maximum absolute atomic E-state index is 11.7. The molecule has 0 radical (unpaired) electrons. The van der Waals surface area contributed by atoms with E-state index < -0.39 is 0 Å². The van der Waals surface area contributed by atoms with Crippen LogP contribution in [-0.4, -0.2) is 25.3 Å². The third kappa shape index (κ3) is 6.12. The van der Waals surface area contributed by atoms with E-state index in [-0.39, 0.29) is 12.5 Å². The Morgan fingerprint density at radius 3 is 2.74 bits per heavy atom. The van der Waals surface area contributed by atoms with Crippen molar-refractivity contribution in [3.05, 3.63) is 58.6 Å². The zero-order valence-electron chi connectivity index (χ0n) is 12.7. The fourth-order valence-electron chi connectivity index (χ4n) is 1.77. The van der Waals surface area contributed by atoms with Crippen molar-refractivity contribution in [1.29, 1.82) is 0 Å². The van der Waals surface area contributed by atoms with Crippen molar-refractivity contribution in [2.24, 2.45) is 5.16 Å². The number of nitrogens with zero attached hydrogens (tertiary/aromatic N) is 1. The van der Waals surface area contributed by atoms with Gasteiger partial charge in [-0.1, -0.05) is 27.2 Å². The predicted molar refractivity (Wildman–Crippen MR) is 93.9 cm³/mol. The van der Waals surface area contributed by atoms with Gasteiger partial charge in [-0.3, -0.25) is 4.79 Å². The van der Waals surface area contributed by atoms with Crippen molar-refractivity contribution in [3.8, 4) is 5.75 Å². The first-order valence-electron chi connectivity index (χ1n) is 7.11. The van der Waals surface area contributed by atoms with E-state index >= 15 is 0 Å². The molecule has 6 heteroatoms. The molecule has 2 rings (SSSR count). The van der Waals surface area contributed by atoms with Crippen molar-refractivity contribution >= 4 is 33.7 Å². The second kappa shape index (κ2) is 8.95. The maximum Gasteiger partial charge on any atom is 0.265 e. The zero-order valence-corrected chi connectivity index (χ0v) is 14.2. The second-order valence-corrected chi connectivity index (χ2v) is 5.48. The minimum absolute atomic E-state index is 0.153. The zero-order chi connectivity index (χ0) is 16.5. The molecule has 0 atom stereocenters. The van der Waals surface area contributed by atoms with Crippen molar-refractivity contribution < 1.29 is 14.4 Å². The second-order valence-electron chi connectivity index (χ2n) is 4.57. The molecule has 0 spiro atoms. The molecule has 0 unspecified atom stereocenters. The Labute approximate surface area is 143 Å². The Balaban J connectivity index is 1.76. The number of carbonyl (C=O) groups is 1. The topological polar surface area (TPSA) is 59.9 Å². The molecule has 0 aliphatic rings. The van der Waals surface area contributed by atoms with Crippen LogP contribution in [0.25, 0.3) is 0 Å². The molecule has 0 saturated heterocycles. The van der Waals surface area contributed by atoms with E-state index in [1.807, 2.05) is 43.3 Å². The molecule has 5 nitrogen and oxygen atoms in total. The Morgan fingerprint density at radius 1 is 1.26 bits per heavy atom. The number of hydrogen-bond donors (Lipinski definition) is 1. The molecule has 0 aliphatic carbocycles. The van der Waals surface area contributed by atoms with Gasteiger partial charge in [0.2, 0.25) is 0 Å². The fraction of sp³-hybridized carbons (Fsp3) is 0.176. The van der Waals surface area contributed by atoms with Gasteiger partial charge in [-0.25, -0.2) is 0 Å². The minimum Gasteiger partial charge on any atom is -0.494 e. The summed E-state index contributed by atoms with van der Waals surface area (Å²) in [6, 6.07) is 14.7. The number of anilines is 1. The first-order valence-corrected chi connectivity index (χ1v) is 7.90. The number of hydrogen-bond acceptors (Lipinski definition) is 4. The molecule has 0 aliphatic heterocycles. The largest absolute Gasteiger partial charge is 0.494 e. The number of halogens is 1. The molecule has 2 aromatic carbocycles. The molecule has 0 aromatic heterocycles. The lowest BCUT2D eigenvalue weighted by Gasteiger charge is -2.04. The van der Waals surface area contributed by atoms with Crippen LogP contribution in [0, 0.1) is 0 Å². The molecule has 1 amide bonds. The first kappa shape index (κ1) is 17.0. The van der Waals surface area contributed by atoms with E-state index in [0.29, 0.717) is 12.3 Å². The Morgan fingerprint density at radius 2 is 2.04 bits per heavy atom. The standard InChI is InChI=1S/C17H17BrN2O3/c1-2-22-16-8-6-13(7-9-16)11-19-23-12-17(21)20-15-5-3-4-14(18)10-15/h3-11H,2,12H2,1H3,(H,20,21)/b19-11-. The van der Waals surface area contributed by atoms with Gasteiger partial charge in [0.1, 0.15) is 5.75 Å². The molecule has 0 saturated carbocycles. The van der Waals surface area contributed by atoms with Crippen LogP contribution < -0.4 is 10.1 Å². The van der Waals surface area contributed by atoms with Crippen molar-refractivity contribution in [2.75, 3.05) is 18.5 Å². The van der Waals surface area contributed by atoms with Crippen LogP contribution in [0.15, 0.2) is 58.2 Å². The number of oxime groups is 1. The number of ether oxygens (including phenoxy) is 1. The van der Waals surface area contributed by atoms with Crippen LogP contribution in [-0.2, 0) is 9.63 Å². The van der Waals surface area contributed by atoms with Gasteiger partial charge >= 0.3 is 0 Å². The molecule has 1 N–H and O–H groups in total. The Bertz CT molecular complexity index is 672. The van der Waals surface area contributed by atoms with E-state index in [1.165, 1.54) is 0 Å². The highest BCUT2D eigenvalue weighted by molar-refractivity contribution is 9.10. The molecule has 0 bridgehead atoms. The average molecular weight is 377 g/mol. The number of benzene rings is 2. The smallest absolute Gasteiger partial charge is 0.265 e. The van der Waals surface area contributed by atoms with Crippen LogP contribution >= 0.6 is 15.9 Å². The van der Waals surface area contributed by atoms with Gasteiger partial charge in [0.05, 0.1) is 12.8 Å². The van der Waals surface area contributed by atoms with Gasteiger partial charge in [0, 0.05) is 10.2 Å². The van der Waals surface area contributed by atoms with Gasteiger partial charge in [-0.05, 0) is 55.0 Å². The normalized spacial score (nSPS) is 10.5. The summed E-state index contributed by atoms with van der Waals surface area (Å²) in [5.41, 5.74) is 1.56. The lowest BCUT2D eigenvalue weighted by molar-refractivity contribution is -0.120. The summed E-state index contributed by atoms with van der Waals surface area (Å²) in [7, 11) is 0. The SMILES string of the molecule is CCOc1ccc(/C=N\OCC(=O)Nc2cccc(Br)c2)cc1. The van der Waals surface area contributed by atoms with Crippen LogP contribution in [0.3, 0.4) is 0 Å². The molecule has 120 valence electrons. The minimum atomic E-state index is -0.271. The molecule has 2 aromatic rings. The predicted octanol–water partition coefficient (Wildman–Crippen LogP) is 3.84. The Hall–Kier alpha value is -2.34. The molecular formula is C17H17BrN2O3. The summed E-state index contributed by atoms with van der Waals surface area (Å²) in [5, 5.41) is 6.50. The summed E-state index contributed by atoms with van der Waals surface area (Å²) in [6.07, 6.45) is 1.54. The molecular weight excluding hydrogens is 360 g/mol. The van der Waals surface area contributed by atoms with Crippen molar-refractivity contribution in [2.45, 2.75) is 6.92 Å².